The Hall–Kier alpha value is -4.80. The second-order valence-corrected chi connectivity index (χ2v) is 37.9. The average molecular weight is 1730 g/mol. The molecule has 7 fully saturated rings. The number of alkyl halides is 24. The van der Waals surface area contributed by atoms with Crippen LogP contribution >= 0.6 is 0 Å². The van der Waals surface area contributed by atoms with Crippen molar-refractivity contribution in [2.24, 2.45) is 44.8 Å². The fourth-order valence-electron chi connectivity index (χ4n) is 15.2. The lowest BCUT2D eigenvalue weighted by Crippen LogP contribution is -2.61. The first-order valence-corrected chi connectivity index (χ1v) is 41.9. The Labute approximate surface area is 691 Å². The van der Waals surface area contributed by atoms with Gasteiger partial charge in [0.1, 0.15) is 0 Å². The number of hydrogen-bond donors (Lipinski definition) is 0. The van der Waals surface area contributed by atoms with E-state index < -0.39 is 138 Å². The van der Waals surface area contributed by atoms with Crippen LogP contribution in [-0.4, -0.2) is 71.6 Å². The highest BCUT2D eigenvalue weighted by molar-refractivity contribution is 5.31. The van der Waals surface area contributed by atoms with Gasteiger partial charge in [-0.2, -0.15) is 43.9 Å². The summed E-state index contributed by atoms with van der Waals surface area (Å²) in [7, 11) is 0. The second kappa shape index (κ2) is 44.7. The van der Waals surface area contributed by atoms with Crippen molar-refractivity contribution >= 4 is 0 Å². The van der Waals surface area contributed by atoms with E-state index in [0.717, 1.165) is 50.9 Å². The molecule has 7 saturated carbocycles. The van der Waals surface area contributed by atoms with Gasteiger partial charge in [0.15, 0.2) is 11.3 Å². The molecule has 0 saturated heterocycles. The number of hydrogen-bond acceptors (Lipinski definition) is 0. The van der Waals surface area contributed by atoms with Crippen LogP contribution in [0.4, 0.5) is 105 Å². The molecule has 0 spiro atoms. The molecule has 4 aromatic carbocycles. The molecule has 4 aromatic rings. The van der Waals surface area contributed by atoms with Crippen LogP contribution < -0.4 is 0 Å². The Kier molecular flexibility index (Phi) is 42.1. The molecule has 24 heteroatoms. The van der Waals surface area contributed by atoms with Crippen LogP contribution in [0.25, 0.3) is 0 Å². The van der Waals surface area contributed by atoms with Crippen LogP contribution in [0.15, 0.2) is 103 Å². The summed E-state index contributed by atoms with van der Waals surface area (Å²) in [5.41, 5.74) is -0.916. The minimum absolute atomic E-state index is 0.0567. The number of halogens is 24. The quantitative estimate of drug-likeness (QED) is 0.179. The van der Waals surface area contributed by atoms with Crippen LogP contribution in [0.2, 0.25) is 0 Å². The highest BCUT2D eigenvalue weighted by Gasteiger charge is 2.74. The fraction of sp³-hybridized carbons (Fsp3) is 0.745. The molecule has 0 bridgehead atoms. The first-order valence-electron chi connectivity index (χ1n) is 41.9. The van der Waals surface area contributed by atoms with Crippen LogP contribution in [0.3, 0.4) is 0 Å². The van der Waals surface area contributed by atoms with Gasteiger partial charge in [0, 0.05) is 24.7 Å². The van der Waals surface area contributed by atoms with E-state index in [1.165, 1.54) is 84.4 Å². The summed E-state index contributed by atoms with van der Waals surface area (Å²) in [5.74, 6) is -27.1. The van der Waals surface area contributed by atoms with Crippen molar-refractivity contribution < 1.29 is 105 Å². The van der Waals surface area contributed by atoms with Crippen molar-refractivity contribution in [1.29, 1.82) is 0 Å². The SMILES string of the molecule is CC1(F)CC(F)(F)CC1(F)F.CC1(F)CCC(F)(F)CC1(F)F.CC1CCC(C)(C(F)(F)F)CC1.CC1CCC(C)(C(F)F)C(F)(F)C1(F)F.CC1CCC(C)(C)CC1(F)F.CCC1(C(F)(F)F)CCCCC1.CCC1(C)CCCCC1.Cc1ccccc1.Cc1ccccc1C.Cc1ccccc1C(C)(C)C.Cc1ccccc1C(C)C. The minimum atomic E-state index is -4.66. The summed E-state index contributed by atoms with van der Waals surface area (Å²) in [4.78, 5) is 0. The standard InChI is InChI=1S/C11H16.C10H14.C9H12F6.2C9H15F3.C9H16F2.C9H18.C8H10.C7H9F5.C7H8.C6H7F5/c1-9-7-5-6-8-10(9)11(2,3)4;1-8(2)10-7-5-4-6-9(10)3;1-5-3-4-7(2,6(10)11)9(14,15)8(5,12)13;1-7-3-5-8(2,6-4-7)9(10,11)12;1-2-8(9(10,11)12)6-4-3-5-7-8;1-7-4-5-8(2,3)6-9(7,10)11;1-3-9(2)7-5-4-6-8-9;1-7-5-3-4-6-8(7)2;1-5(8)2-3-6(9,10)4-7(5,11)12;1-7-5-3-2-4-6-7;1-4(7)2-5(8,9)3-6(4,10)11/h5-8H,1-4H3;4-8H,1-3H3;5-6H,3-4H2,1-2H3;7H,3-6H2,1-2H3;2-7H2,1H3;7H,4-6H2,1-3H3;3-8H2,1-2H3;3-6H,1-2H3;2-4H2,1H3;2-6H,1H3;2-3H2,1H3. The van der Waals surface area contributed by atoms with E-state index in [1.807, 2.05) is 39.0 Å². The van der Waals surface area contributed by atoms with Crippen molar-refractivity contribution in [1.82, 2.24) is 0 Å². The van der Waals surface area contributed by atoms with Crippen molar-refractivity contribution in [2.75, 3.05) is 0 Å². The Morgan fingerprint density at radius 2 is 0.814 bits per heavy atom. The summed E-state index contributed by atoms with van der Waals surface area (Å²) < 4.78 is 304. The Morgan fingerprint density at radius 1 is 0.398 bits per heavy atom. The molecular formula is C94H140F24. The van der Waals surface area contributed by atoms with E-state index in [-0.39, 0.29) is 30.1 Å². The molecule has 0 N–H and O–H groups in total. The van der Waals surface area contributed by atoms with Crippen molar-refractivity contribution in [3.05, 3.63) is 142 Å². The van der Waals surface area contributed by atoms with Gasteiger partial charge in [-0.1, -0.05) is 251 Å². The molecule has 0 nitrogen and oxygen atoms in total. The fourth-order valence-corrected chi connectivity index (χ4v) is 15.2. The molecule has 7 aliphatic rings. The zero-order valence-electron chi connectivity index (χ0n) is 74.2. The molecule has 684 valence electrons. The predicted octanol–water partition coefficient (Wildman–Crippen LogP) is 35.1. The molecule has 5 atom stereocenters. The second-order valence-electron chi connectivity index (χ2n) is 37.9. The summed E-state index contributed by atoms with van der Waals surface area (Å²) >= 11 is 0. The van der Waals surface area contributed by atoms with E-state index in [4.69, 9.17) is 0 Å². The van der Waals surface area contributed by atoms with E-state index in [2.05, 4.69) is 168 Å². The first-order chi connectivity index (χ1) is 53.3. The highest BCUT2D eigenvalue weighted by atomic mass is 19.4. The normalized spacial score (nSPS) is 27.5. The lowest BCUT2D eigenvalue weighted by molar-refractivity contribution is -0.327. The Bertz CT molecular complexity index is 3420. The van der Waals surface area contributed by atoms with Gasteiger partial charge >= 0.3 is 24.2 Å². The molecular weight excluding hydrogens is 1580 g/mol. The van der Waals surface area contributed by atoms with Gasteiger partial charge in [-0.3, -0.25) is 0 Å². The van der Waals surface area contributed by atoms with Crippen molar-refractivity contribution in [3.63, 3.8) is 0 Å². The Balaban J connectivity index is 0.000000652. The summed E-state index contributed by atoms with van der Waals surface area (Å²) in [6.45, 7) is 39.8. The third-order valence-electron chi connectivity index (χ3n) is 25.3. The molecule has 7 aliphatic carbocycles. The van der Waals surface area contributed by atoms with Crippen molar-refractivity contribution in [2.45, 2.75) is 402 Å². The van der Waals surface area contributed by atoms with Crippen LogP contribution in [0.5, 0.6) is 0 Å². The predicted molar refractivity (Wildman–Crippen MR) is 433 cm³/mol. The van der Waals surface area contributed by atoms with Crippen LogP contribution in [-0.2, 0) is 5.41 Å². The third-order valence-corrected chi connectivity index (χ3v) is 25.3. The van der Waals surface area contributed by atoms with E-state index in [9.17, 15) is 105 Å². The van der Waals surface area contributed by atoms with Gasteiger partial charge in [-0.05, 0) is 207 Å². The lowest BCUT2D eigenvalue weighted by atomic mass is 9.67. The zero-order valence-corrected chi connectivity index (χ0v) is 74.2. The zero-order chi connectivity index (χ0) is 91.8. The number of aryl methyl sites for hydroxylation is 5. The van der Waals surface area contributed by atoms with E-state index >= 15 is 0 Å². The van der Waals surface area contributed by atoms with Crippen LogP contribution in [0.1, 0.15) is 330 Å². The molecule has 11 rings (SSSR count). The maximum Gasteiger partial charge on any atom is 0.394 e. The van der Waals surface area contributed by atoms with Crippen LogP contribution in [0, 0.1) is 79.4 Å². The topological polar surface area (TPSA) is 0 Å². The molecule has 0 aromatic heterocycles. The molecule has 5 unspecified atom stereocenters. The highest BCUT2D eigenvalue weighted by Crippen LogP contribution is 2.61. The Morgan fingerprint density at radius 3 is 1.10 bits per heavy atom. The number of rotatable bonds is 4. The largest absolute Gasteiger partial charge is 0.394 e. The van der Waals surface area contributed by atoms with E-state index in [1.54, 1.807) is 13.8 Å². The lowest BCUT2D eigenvalue weighted by Gasteiger charge is -2.47. The smallest absolute Gasteiger partial charge is 0.238 e. The van der Waals surface area contributed by atoms with Gasteiger partial charge in [0.2, 0.25) is 6.43 Å². The summed E-state index contributed by atoms with van der Waals surface area (Å²) in [6, 6.07) is 35.7. The summed E-state index contributed by atoms with van der Waals surface area (Å²) in [6.07, 6.45) is -2.81. The maximum atomic E-state index is 13.3. The van der Waals surface area contributed by atoms with Gasteiger partial charge < -0.3 is 0 Å². The number of benzene rings is 4. The minimum Gasteiger partial charge on any atom is -0.238 e. The average Bonchev–Trinajstić information content (AvgIpc) is 0.831. The molecule has 0 heterocycles. The molecule has 118 heavy (non-hydrogen) atoms. The third kappa shape index (κ3) is 34.0. The molecule has 0 amide bonds. The molecule has 0 aliphatic heterocycles. The van der Waals surface area contributed by atoms with Gasteiger partial charge in [0.25, 0.3) is 29.6 Å². The maximum absolute atomic E-state index is 13.3. The first kappa shape index (κ1) is 111. The van der Waals surface area contributed by atoms with Gasteiger partial charge in [-0.25, -0.2) is 61.5 Å². The van der Waals surface area contributed by atoms with Crippen molar-refractivity contribution in [3.8, 4) is 0 Å². The van der Waals surface area contributed by atoms with Gasteiger partial charge in [0.05, 0.1) is 35.5 Å². The van der Waals surface area contributed by atoms with E-state index in [0.29, 0.717) is 64.7 Å². The monoisotopic (exact) mass is 1730 g/mol. The molecule has 0 radical (unpaired) electrons. The summed E-state index contributed by atoms with van der Waals surface area (Å²) in [5, 5.41) is 0. The van der Waals surface area contributed by atoms with Gasteiger partial charge in [-0.15, -0.1) is 0 Å².